The van der Waals surface area contributed by atoms with Gasteiger partial charge in [0.15, 0.2) is 5.96 Å². The average Bonchev–Trinajstić information content (AvgIpc) is 2.49. The summed E-state index contributed by atoms with van der Waals surface area (Å²) in [6, 6.07) is 0.511. The molecule has 0 spiro atoms. The maximum atomic E-state index is 6.15. The minimum absolute atomic E-state index is 0. The number of nitrogens with two attached hydrogens (primary N) is 1. The molecule has 5 nitrogen and oxygen atoms in total. The molecule has 22 heavy (non-hydrogen) atoms. The quantitative estimate of drug-likeness (QED) is 0.426. The Morgan fingerprint density at radius 3 is 2.32 bits per heavy atom. The molecule has 0 bridgehead atoms. The lowest BCUT2D eigenvalue weighted by atomic mass is 9.94. The highest BCUT2D eigenvalue weighted by Gasteiger charge is 2.25. The fourth-order valence-electron chi connectivity index (χ4n) is 3.19. The van der Waals surface area contributed by atoms with Gasteiger partial charge in [0.25, 0.3) is 0 Å². The zero-order valence-corrected chi connectivity index (χ0v) is 16.7. The number of guanidine groups is 1. The molecule has 1 atom stereocenters. The van der Waals surface area contributed by atoms with Gasteiger partial charge in [-0.05, 0) is 37.8 Å². The Kier molecular flexibility index (Phi) is 9.01. The van der Waals surface area contributed by atoms with Crippen LogP contribution in [0.4, 0.5) is 0 Å². The molecule has 1 unspecified atom stereocenters. The molecule has 130 valence electrons. The highest BCUT2D eigenvalue weighted by molar-refractivity contribution is 14.0. The van der Waals surface area contributed by atoms with Gasteiger partial charge in [0.2, 0.25) is 0 Å². The van der Waals surface area contributed by atoms with Crippen LogP contribution in [0, 0.1) is 11.8 Å². The lowest BCUT2D eigenvalue weighted by Crippen LogP contribution is -2.47. The third-order valence-electron chi connectivity index (χ3n) is 4.83. The van der Waals surface area contributed by atoms with E-state index in [9.17, 15) is 0 Å². The van der Waals surface area contributed by atoms with Crippen molar-refractivity contribution in [1.29, 1.82) is 0 Å². The van der Waals surface area contributed by atoms with Crippen molar-refractivity contribution in [3.63, 3.8) is 0 Å². The van der Waals surface area contributed by atoms with Gasteiger partial charge in [0, 0.05) is 19.1 Å². The summed E-state index contributed by atoms with van der Waals surface area (Å²) >= 11 is 0. The summed E-state index contributed by atoms with van der Waals surface area (Å²) in [5.74, 6) is 2.17. The molecule has 2 N–H and O–H groups in total. The molecule has 2 saturated heterocycles. The fraction of sp³-hybridized carbons (Fsp3) is 0.938. The second-order valence-corrected chi connectivity index (χ2v) is 6.83. The van der Waals surface area contributed by atoms with Crippen molar-refractivity contribution < 1.29 is 4.74 Å². The van der Waals surface area contributed by atoms with Gasteiger partial charge in [-0.1, -0.05) is 20.8 Å². The van der Waals surface area contributed by atoms with Crippen molar-refractivity contribution >= 4 is 29.9 Å². The number of rotatable bonds is 4. The number of ether oxygens (including phenoxy) is 1. The van der Waals surface area contributed by atoms with E-state index in [4.69, 9.17) is 10.5 Å². The van der Waals surface area contributed by atoms with E-state index in [0.29, 0.717) is 17.9 Å². The molecule has 0 aromatic carbocycles. The largest absolute Gasteiger partial charge is 0.378 e. The summed E-state index contributed by atoms with van der Waals surface area (Å²) < 4.78 is 5.36. The second kappa shape index (κ2) is 9.93. The van der Waals surface area contributed by atoms with Crippen LogP contribution in [0.2, 0.25) is 0 Å². The van der Waals surface area contributed by atoms with E-state index in [2.05, 4.69) is 35.6 Å². The molecule has 2 rings (SSSR count). The lowest BCUT2D eigenvalue weighted by Gasteiger charge is -2.38. The summed E-state index contributed by atoms with van der Waals surface area (Å²) in [5, 5.41) is 0. The zero-order valence-electron chi connectivity index (χ0n) is 14.3. The van der Waals surface area contributed by atoms with Crippen LogP contribution in [-0.4, -0.2) is 67.7 Å². The second-order valence-electron chi connectivity index (χ2n) is 6.83. The van der Waals surface area contributed by atoms with Gasteiger partial charge in [0.05, 0.1) is 19.8 Å². The predicted octanol–water partition coefficient (Wildman–Crippen LogP) is 2.01. The third kappa shape index (κ3) is 5.85. The normalized spacial score (nSPS) is 23.5. The molecule has 2 heterocycles. The monoisotopic (exact) mass is 424 g/mol. The molecule has 0 aromatic heterocycles. The zero-order chi connectivity index (χ0) is 15.2. The minimum atomic E-state index is 0. The number of aliphatic imine (C=N–C) groups is 1. The molecule has 2 aliphatic rings. The van der Waals surface area contributed by atoms with Gasteiger partial charge in [-0.25, -0.2) is 0 Å². The van der Waals surface area contributed by atoms with Crippen LogP contribution in [0.3, 0.4) is 0 Å². The van der Waals surface area contributed by atoms with Crippen LogP contribution in [0.15, 0.2) is 4.99 Å². The Hall–Kier alpha value is -0.0800. The number of likely N-dealkylation sites (tertiary alicyclic amines) is 1. The first-order chi connectivity index (χ1) is 10.1. The fourth-order valence-corrected chi connectivity index (χ4v) is 3.19. The maximum absolute atomic E-state index is 6.15. The minimum Gasteiger partial charge on any atom is -0.378 e. The Bertz CT molecular complexity index is 337. The van der Waals surface area contributed by atoms with E-state index >= 15 is 0 Å². The topological polar surface area (TPSA) is 54.1 Å². The molecule has 6 heteroatoms. The Labute approximate surface area is 152 Å². The predicted molar refractivity (Wildman–Crippen MR) is 103 cm³/mol. The van der Waals surface area contributed by atoms with E-state index in [1.807, 2.05) is 0 Å². The Morgan fingerprint density at radius 2 is 1.77 bits per heavy atom. The van der Waals surface area contributed by atoms with Crippen molar-refractivity contribution in [2.75, 3.05) is 45.9 Å². The van der Waals surface area contributed by atoms with Crippen molar-refractivity contribution in [1.82, 2.24) is 9.80 Å². The molecule has 2 aliphatic heterocycles. The highest BCUT2D eigenvalue weighted by Crippen LogP contribution is 2.21. The van der Waals surface area contributed by atoms with E-state index in [-0.39, 0.29) is 24.0 Å². The summed E-state index contributed by atoms with van der Waals surface area (Å²) in [6.45, 7) is 13.4. The van der Waals surface area contributed by atoms with Gasteiger partial charge in [-0.3, -0.25) is 9.89 Å². The SMILES string of the molecule is CC1CCN(C(CN=C(N)N2CCOCC2)C(C)C)CC1.I. The molecule has 0 aliphatic carbocycles. The molecule has 2 fully saturated rings. The van der Waals surface area contributed by atoms with E-state index in [1.54, 1.807) is 0 Å². The van der Waals surface area contributed by atoms with Gasteiger partial charge < -0.3 is 15.4 Å². The van der Waals surface area contributed by atoms with Crippen molar-refractivity contribution in [3.8, 4) is 0 Å². The molecule has 0 aromatic rings. The first-order valence-electron chi connectivity index (χ1n) is 8.44. The first kappa shape index (κ1) is 20.0. The van der Waals surface area contributed by atoms with Crippen LogP contribution in [-0.2, 0) is 4.74 Å². The lowest BCUT2D eigenvalue weighted by molar-refractivity contribution is 0.0671. The van der Waals surface area contributed by atoms with Crippen LogP contribution < -0.4 is 5.73 Å². The van der Waals surface area contributed by atoms with E-state index in [0.717, 1.165) is 38.8 Å². The Morgan fingerprint density at radius 1 is 1.18 bits per heavy atom. The summed E-state index contributed by atoms with van der Waals surface area (Å²) in [7, 11) is 0. The number of hydrogen-bond donors (Lipinski definition) is 1. The number of nitrogens with zero attached hydrogens (tertiary/aromatic N) is 3. The standard InChI is InChI=1S/C16H32N4O.HI/c1-13(2)15(19-6-4-14(3)5-7-19)12-18-16(17)20-8-10-21-11-9-20;/h13-15H,4-12H2,1-3H3,(H2,17,18);1H. The summed E-state index contributed by atoms with van der Waals surface area (Å²) in [5.41, 5.74) is 6.15. The number of halogens is 1. The Balaban J connectivity index is 0.00000242. The summed E-state index contributed by atoms with van der Waals surface area (Å²) in [6.07, 6.45) is 2.62. The van der Waals surface area contributed by atoms with Crippen molar-refractivity contribution in [2.24, 2.45) is 22.6 Å². The van der Waals surface area contributed by atoms with Crippen LogP contribution in [0.1, 0.15) is 33.6 Å². The third-order valence-corrected chi connectivity index (χ3v) is 4.83. The van der Waals surface area contributed by atoms with Gasteiger partial charge in [-0.2, -0.15) is 0 Å². The van der Waals surface area contributed by atoms with Crippen molar-refractivity contribution in [3.05, 3.63) is 0 Å². The smallest absolute Gasteiger partial charge is 0.191 e. The van der Waals surface area contributed by atoms with Crippen molar-refractivity contribution in [2.45, 2.75) is 39.7 Å². The van der Waals surface area contributed by atoms with Crippen LogP contribution in [0.25, 0.3) is 0 Å². The highest BCUT2D eigenvalue weighted by atomic mass is 127. The number of morpholine rings is 1. The summed E-state index contributed by atoms with van der Waals surface area (Å²) in [4.78, 5) is 9.44. The van der Waals surface area contributed by atoms with E-state index < -0.39 is 0 Å². The van der Waals surface area contributed by atoms with Gasteiger partial charge >= 0.3 is 0 Å². The number of piperidine rings is 1. The molecule has 0 saturated carbocycles. The molecular formula is C16H33IN4O. The molecule has 0 radical (unpaired) electrons. The average molecular weight is 424 g/mol. The first-order valence-corrected chi connectivity index (χ1v) is 8.44. The van der Waals surface area contributed by atoms with Gasteiger partial charge in [0.1, 0.15) is 0 Å². The molecular weight excluding hydrogens is 391 g/mol. The maximum Gasteiger partial charge on any atom is 0.191 e. The van der Waals surface area contributed by atoms with Gasteiger partial charge in [-0.15, -0.1) is 24.0 Å². The van der Waals surface area contributed by atoms with Crippen LogP contribution in [0.5, 0.6) is 0 Å². The molecule has 0 amide bonds. The van der Waals surface area contributed by atoms with Crippen LogP contribution >= 0.6 is 24.0 Å². The number of hydrogen-bond acceptors (Lipinski definition) is 3. The van der Waals surface area contributed by atoms with E-state index in [1.165, 1.54) is 25.9 Å².